The van der Waals surface area contributed by atoms with Crippen LogP contribution in [-0.4, -0.2) is 22.9 Å². The first-order valence-electron chi connectivity index (χ1n) is 6.92. The Kier molecular flexibility index (Phi) is 6.27. The second-order valence-corrected chi connectivity index (χ2v) is 5.11. The Morgan fingerprint density at radius 1 is 1.29 bits per heavy atom. The molecule has 1 rings (SSSR count). The van der Waals surface area contributed by atoms with Crippen molar-refractivity contribution in [2.45, 2.75) is 53.0 Å². The lowest BCUT2D eigenvalue weighted by Gasteiger charge is -2.12. The molecule has 0 aliphatic heterocycles. The molecule has 0 amide bonds. The third-order valence-corrected chi connectivity index (χ3v) is 3.09. The maximum atomic E-state index is 4.65. The Bertz CT molecular complexity index is 300. The Labute approximate surface area is 106 Å². The minimum absolute atomic E-state index is 0.562. The van der Waals surface area contributed by atoms with Gasteiger partial charge in [0, 0.05) is 19.2 Å². The SMILES string of the molecule is CCC(CC)n1ccc(CCNCC(C)C)n1. The molecule has 0 aromatic carbocycles. The molecule has 1 heterocycles. The summed E-state index contributed by atoms with van der Waals surface area (Å²) in [7, 11) is 0. The number of hydrogen-bond acceptors (Lipinski definition) is 2. The summed E-state index contributed by atoms with van der Waals surface area (Å²) in [5.41, 5.74) is 1.20. The lowest BCUT2D eigenvalue weighted by molar-refractivity contribution is 0.425. The second kappa shape index (κ2) is 7.49. The minimum atomic E-state index is 0.562. The molecule has 0 fully saturated rings. The predicted molar refractivity (Wildman–Crippen MR) is 73.3 cm³/mol. The molecule has 3 heteroatoms. The van der Waals surface area contributed by atoms with E-state index in [0.717, 1.165) is 38.3 Å². The van der Waals surface area contributed by atoms with Crippen LogP contribution in [0.3, 0.4) is 0 Å². The summed E-state index contributed by atoms with van der Waals surface area (Å²) in [5.74, 6) is 0.720. The minimum Gasteiger partial charge on any atom is -0.316 e. The summed E-state index contributed by atoms with van der Waals surface area (Å²) in [6.45, 7) is 11.0. The van der Waals surface area contributed by atoms with Crippen LogP contribution in [0, 0.1) is 5.92 Å². The first-order valence-corrected chi connectivity index (χ1v) is 6.92. The Morgan fingerprint density at radius 2 is 2.00 bits per heavy atom. The molecule has 1 N–H and O–H groups in total. The number of nitrogens with one attached hydrogen (secondary N) is 1. The lowest BCUT2D eigenvalue weighted by Crippen LogP contribution is -2.22. The quantitative estimate of drug-likeness (QED) is 0.704. The maximum absolute atomic E-state index is 4.65. The molecule has 98 valence electrons. The van der Waals surface area contributed by atoms with Crippen LogP contribution in [0.25, 0.3) is 0 Å². The van der Waals surface area contributed by atoms with Gasteiger partial charge >= 0.3 is 0 Å². The van der Waals surface area contributed by atoms with E-state index in [9.17, 15) is 0 Å². The van der Waals surface area contributed by atoms with E-state index >= 15 is 0 Å². The van der Waals surface area contributed by atoms with Gasteiger partial charge in [0.1, 0.15) is 0 Å². The standard InChI is InChI=1S/C14H27N3/c1-5-14(6-2)17-10-8-13(16-17)7-9-15-11-12(3)4/h8,10,12,14-15H,5-7,9,11H2,1-4H3. The first-order chi connectivity index (χ1) is 8.17. The van der Waals surface area contributed by atoms with Gasteiger partial charge in [0.25, 0.3) is 0 Å². The largest absolute Gasteiger partial charge is 0.316 e. The highest BCUT2D eigenvalue weighted by Gasteiger charge is 2.07. The van der Waals surface area contributed by atoms with Crippen LogP contribution in [0.2, 0.25) is 0 Å². The van der Waals surface area contributed by atoms with Gasteiger partial charge in [0.15, 0.2) is 0 Å². The van der Waals surface area contributed by atoms with Crippen molar-refractivity contribution < 1.29 is 0 Å². The summed E-state index contributed by atoms with van der Waals surface area (Å²) >= 11 is 0. The molecule has 0 bridgehead atoms. The smallest absolute Gasteiger partial charge is 0.0637 e. The average Bonchev–Trinajstić information content (AvgIpc) is 2.75. The number of aromatic nitrogens is 2. The highest BCUT2D eigenvalue weighted by molar-refractivity contribution is 5.00. The Balaban J connectivity index is 2.35. The molecule has 3 nitrogen and oxygen atoms in total. The molecule has 17 heavy (non-hydrogen) atoms. The summed E-state index contributed by atoms with van der Waals surface area (Å²) in [4.78, 5) is 0. The zero-order chi connectivity index (χ0) is 12.7. The Morgan fingerprint density at radius 3 is 2.59 bits per heavy atom. The summed E-state index contributed by atoms with van der Waals surface area (Å²) in [6, 6.07) is 2.71. The highest BCUT2D eigenvalue weighted by atomic mass is 15.3. The summed E-state index contributed by atoms with van der Waals surface area (Å²) in [6.07, 6.45) is 5.46. The topological polar surface area (TPSA) is 29.9 Å². The van der Waals surface area contributed by atoms with Gasteiger partial charge in [0.2, 0.25) is 0 Å². The van der Waals surface area contributed by atoms with Crippen LogP contribution in [0.15, 0.2) is 12.3 Å². The number of nitrogens with zero attached hydrogens (tertiary/aromatic N) is 2. The molecule has 1 aromatic heterocycles. The normalized spacial score (nSPS) is 11.6. The van der Waals surface area contributed by atoms with Gasteiger partial charge in [-0.05, 0) is 31.4 Å². The van der Waals surface area contributed by atoms with Crippen LogP contribution in [0.4, 0.5) is 0 Å². The zero-order valence-electron chi connectivity index (χ0n) is 11.7. The maximum Gasteiger partial charge on any atom is 0.0637 e. The van der Waals surface area contributed by atoms with Gasteiger partial charge in [-0.1, -0.05) is 27.7 Å². The van der Waals surface area contributed by atoms with E-state index in [4.69, 9.17) is 0 Å². The highest BCUT2D eigenvalue weighted by Crippen LogP contribution is 2.14. The molecule has 0 atom stereocenters. The molecule has 0 saturated heterocycles. The predicted octanol–water partition coefficient (Wildman–Crippen LogP) is 3.03. The van der Waals surface area contributed by atoms with Crippen molar-refractivity contribution in [3.05, 3.63) is 18.0 Å². The van der Waals surface area contributed by atoms with Crippen molar-refractivity contribution in [1.29, 1.82) is 0 Å². The summed E-state index contributed by atoms with van der Waals surface area (Å²) in [5, 5.41) is 8.10. The monoisotopic (exact) mass is 237 g/mol. The van der Waals surface area contributed by atoms with Gasteiger partial charge in [-0.2, -0.15) is 5.10 Å². The van der Waals surface area contributed by atoms with E-state index in [1.807, 2.05) is 0 Å². The molecular weight excluding hydrogens is 210 g/mol. The van der Waals surface area contributed by atoms with Gasteiger partial charge in [-0.3, -0.25) is 4.68 Å². The zero-order valence-corrected chi connectivity index (χ0v) is 11.7. The lowest BCUT2D eigenvalue weighted by atomic mass is 10.2. The molecular formula is C14H27N3. The van der Waals surface area contributed by atoms with Crippen LogP contribution in [-0.2, 0) is 6.42 Å². The van der Waals surface area contributed by atoms with Gasteiger partial charge in [0.05, 0.1) is 11.7 Å². The van der Waals surface area contributed by atoms with E-state index in [1.54, 1.807) is 0 Å². The van der Waals surface area contributed by atoms with Crippen molar-refractivity contribution >= 4 is 0 Å². The fraction of sp³-hybridized carbons (Fsp3) is 0.786. The van der Waals surface area contributed by atoms with Crippen LogP contribution in [0.1, 0.15) is 52.3 Å². The molecule has 1 aromatic rings. The second-order valence-electron chi connectivity index (χ2n) is 5.11. The number of hydrogen-bond donors (Lipinski definition) is 1. The van der Waals surface area contributed by atoms with Crippen molar-refractivity contribution in [2.75, 3.05) is 13.1 Å². The van der Waals surface area contributed by atoms with Crippen LogP contribution < -0.4 is 5.32 Å². The fourth-order valence-electron chi connectivity index (χ4n) is 1.98. The van der Waals surface area contributed by atoms with Gasteiger partial charge in [-0.15, -0.1) is 0 Å². The van der Waals surface area contributed by atoms with Crippen LogP contribution in [0.5, 0.6) is 0 Å². The average molecular weight is 237 g/mol. The molecule has 0 radical (unpaired) electrons. The fourth-order valence-corrected chi connectivity index (χ4v) is 1.98. The molecule has 0 aliphatic carbocycles. The van der Waals surface area contributed by atoms with Crippen molar-refractivity contribution in [3.63, 3.8) is 0 Å². The summed E-state index contributed by atoms with van der Waals surface area (Å²) < 4.78 is 2.12. The van der Waals surface area contributed by atoms with E-state index < -0.39 is 0 Å². The van der Waals surface area contributed by atoms with Crippen LogP contribution >= 0.6 is 0 Å². The molecule has 0 spiro atoms. The third-order valence-electron chi connectivity index (χ3n) is 3.09. The van der Waals surface area contributed by atoms with E-state index in [-0.39, 0.29) is 0 Å². The van der Waals surface area contributed by atoms with Gasteiger partial charge < -0.3 is 5.32 Å². The van der Waals surface area contributed by atoms with Gasteiger partial charge in [-0.25, -0.2) is 0 Å². The van der Waals surface area contributed by atoms with E-state index in [1.165, 1.54) is 5.69 Å². The van der Waals surface area contributed by atoms with Crippen molar-refractivity contribution in [1.82, 2.24) is 15.1 Å². The molecule has 0 unspecified atom stereocenters. The van der Waals surface area contributed by atoms with E-state index in [0.29, 0.717) is 6.04 Å². The molecule has 0 saturated carbocycles. The Hall–Kier alpha value is -0.830. The van der Waals surface area contributed by atoms with Crippen molar-refractivity contribution in [2.24, 2.45) is 5.92 Å². The number of rotatable bonds is 8. The third kappa shape index (κ3) is 4.90. The van der Waals surface area contributed by atoms with Crippen molar-refractivity contribution in [3.8, 4) is 0 Å². The molecule has 0 aliphatic rings. The van der Waals surface area contributed by atoms with E-state index in [2.05, 4.69) is 55.1 Å². The first kappa shape index (κ1) is 14.2.